The summed E-state index contributed by atoms with van der Waals surface area (Å²) >= 11 is 0. The number of nitrogens with zero attached hydrogens (tertiary/aromatic N) is 2. The Kier molecular flexibility index (Phi) is 4.35. The second kappa shape index (κ2) is 5.70. The zero-order chi connectivity index (χ0) is 14.9. The topological polar surface area (TPSA) is 26.7 Å². The van der Waals surface area contributed by atoms with Crippen molar-refractivity contribution in [2.24, 2.45) is 0 Å². The van der Waals surface area contributed by atoms with Crippen LogP contribution in [0.2, 0.25) is 0 Å². The first-order valence-electron chi connectivity index (χ1n) is 7.22. The Morgan fingerprint density at radius 1 is 1.30 bits per heavy atom. The molecule has 3 nitrogen and oxygen atoms in total. The second-order valence-electron chi connectivity index (χ2n) is 6.18. The summed E-state index contributed by atoms with van der Waals surface area (Å²) in [6.07, 6.45) is 2.85. The number of aliphatic hydroxyl groups is 1. The molecule has 1 aliphatic carbocycles. The first-order valence-corrected chi connectivity index (χ1v) is 7.22. The number of hydrogen-bond donors (Lipinski definition) is 1. The van der Waals surface area contributed by atoms with Gasteiger partial charge in [0, 0.05) is 24.7 Å². The molecule has 1 atom stereocenters. The molecule has 1 N–H and O–H groups in total. The van der Waals surface area contributed by atoms with E-state index >= 15 is 0 Å². The van der Waals surface area contributed by atoms with E-state index < -0.39 is 6.10 Å². The Bertz CT molecular complexity index is 470. The van der Waals surface area contributed by atoms with E-state index in [1.165, 1.54) is 12.5 Å². The average Bonchev–Trinajstić information content (AvgIpc) is 2.32. The standard InChI is InChI=1S/C16H25FN2O/c1-12(20)13-7-5-8-14(17)15(13)19(4)11-16(18(2)3)9-6-10-16/h5,7-8,12,20H,6,9-11H2,1-4H3/t12-/m1/s1. The molecule has 1 saturated carbocycles. The second-order valence-corrected chi connectivity index (χ2v) is 6.18. The third-order valence-corrected chi connectivity index (χ3v) is 4.61. The lowest BCUT2D eigenvalue weighted by atomic mass is 9.75. The van der Waals surface area contributed by atoms with E-state index in [1.54, 1.807) is 19.1 Å². The van der Waals surface area contributed by atoms with Crippen LogP contribution in [0, 0.1) is 5.82 Å². The molecule has 0 unspecified atom stereocenters. The molecule has 0 aliphatic heterocycles. The Morgan fingerprint density at radius 3 is 2.40 bits per heavy atom. The van der Waals surface area contributed by atoms with Crippen LogP contribution < -0.4 is 4.90 Å². The molecule has 2 rings (SSSR count). The maximum atomic E-state index is 14.2. The Labute approximate surface area is 121 Å². The fraction of sp³-hybridized carbons (Fsp3) is 0.625. The van der Waals surface area contributed by atoms with Gasteiger partial charge in [-0.15, -0.1) is 0 Å². The summed E-state index contributed by atoms with van der Waals surface area (Å²) < 4.78 is 14.2. The van der Waals surface area contributed by atoms with Crippen LogP contribution in [0.5, 0.6) is 0 Å². The van der Waals surface area contributed by atoms with Crippen molar-refractivity contribution in [3.8, 4) is 0 Å². The van der Waals surface area contributed by atoms with E-state index in [-0.39, 0.29) is 11.4 Å². The number of hydrogen-bond acceptors (Lipinski definition) is 3. The lowest BCUT2D eigenvalue weighted by molar-refractivity contribution is 0.0680. The molecule has 4 heteroatoms. The monoisotopic (exact) mass is 280 g/mol. The van der Waals surface area contributed by atoms with Crippen LogP contribution in [0.3, 0.4) is 0 Å². The third kappa shape index (κ3) is 2.67. The third-order valence-electron chi connectivity index (χ3n) is 4.61. The molecule has 0 amide bonds. The summed E-state index contributed by atoms with van der Waals surface area (Å²) in [5.41, 5.74) is 1.31. The lowest BCUT2D eigenvalue weighted by Gasteiger charge is -2.49. The molecule has 0 radical (unpaired) electrons. The van der Waals surface area contributed by atoms with E-state index in [9.17, 15) is 9.50 Å². The molecule has 112 valence electrons. The highest BCUT2D eigenvalue weighted by atomic mass is 19.1. The average molecular weight is 280 g/mol. The van der Waals surface area contributed by atoms with Crippen molar-refractivity contribution >= 4 is 5.69 Å². The van der Waals surface area contributed by atoms with Crippen LogP contribution in [-0.4, -0.2) is 43.2 Å². The summed E-state index contributed by atoms with van der Waals surface area (Å²) in [5.74, 6) is -0.265. The minimum atomic E-state index is -0.667. The van der Waals surface area contributed by atoms with Gasteiger partial charge in [0.1, 0.15) is 5.82 Å². The Balaban J connectivity index is 2.27. The number of para-hydroxylation sites is 1. The molecule has 1 aromatic carbocycles. The molecule has 0 saturated heterocycles. The molecule has 20 heavy (non-hydrogen) atoms. The zero-order valence-corrected chi connectivity index (χ0v) is 12.9. The smallest absolute Gasteiger partial charge is 0.146 e. The highest BCUT2D eigenvalue weighted by Gasteiger charge is 2.40. The summed E-state index contributed by atoms with van der Waals surface area (Å²) in [4.78, 5) is 4.20. The maximum Gasteiger partial charge on any atom is 0.146 e. The van der Waals surface area contributed by atoms with Crippen molar-refractivity contribution in [1.82, 2.24) is 4.90 Å². The van der Waals surface area contributed by atoms with Gasteiger partial charge in [-0.25, -0.2) is 4.39 Å². The van der Waals surface area contributed by atoms with Gasteiger partial charge in [0.05, 0.1) is 11.8 Å². The molecule has 1 aromatic rings. The first-order chi connectivity index (χ1) is 9.37. The van der Waals surface area contributed by atoms with Gasteiger partial charge in [-0.05, 0) is 46.3 Å². The van der Waals surface area contributed by atoms with E-state index in [0.29, 0.717) is 11.3 Å². The van der Waals surface area contributed by atoms with E-state index in [4.69, 9.17) is 0 Å². The van der Waals surface area contributed by atoms with Gasteiger partial charge in [0.2, 0.25) is 0 Å². The van der Waals surface area contributed by atoms with Gasteiger partial charge in [-0.3, -0.25) is 0 Å². The van der Waals surface area contributed by atoms with Gasteiger partial charge in [-0.1, -0.05) is 12.1 Å². The van der Waals surface area contributed by atoms with Crippen molar-refractivity contribution < 1.29 is 9.50 Å². The summed E-state index contributed by atoms with van der Waals surface area (Å²) in [6.45, 7) is 2.46. The van der Waals surface area contributed by atoms with Crippen molar-refractivity contribution in [2.45, 2.75) is 37.8 Å². The van der Waals surface area contributed by atoms with Crippen LogP contribution in [-0.2, 0) is 0 Å². The normalized spacial score (nSPS) is 18.8. The fourth-order valence-electron chi connectivity index (χ4n) is 3.12. The zero-order valence-electron chi connectivity index (χ0n) is 12.9. The number of benzene rings is 1. The van der Waals surface area contributed by atoms with Crippen LogP contribution in [0.25, 0.3) is 0 Å². The molecular formula is C16H25FN2O. The minimum absolute atomic E-state index is 0.132. The number of aliphatic hydroxyl groups excluding tert-OH is 1. The van der Waals surface area contributed by atoms with Gasteiger partial charge in [0.15, 0.2) is 0 Å². The predicted molar refractivity (Wildman–Crippen MR) is 80.6 cm³/mol. The molecule has 0 aromatic heterocycles. The van der Waals surface area contributed by atoms with Crippen molar-refractivity contribution in [2.75, 3.05) is 32.6 Å². The lowest BCUT2D eigenvalue weighted by Crippen LogP contribution is -2.57. The number of likely N-dealkylation sites (N-methyl/N-ethyl adjacent to an activating group) is 2. The summed E-state index contributed by atoms with van der Waals surface area (Å²) in [5, 5.41) is 9.85. The molecule has 1 fully saturated rings. The first kappa shape index (κ1) is 15.3. The molecule has 0 heterocycles. The van der Waals surface area contributed by atoms with Crippen molar-refractivity contribution in [3.63, 3.8) is 0 Å². The molecule has 0 spiro atoms. The van der Waals surface area contributed by atoms with Gasteiger partial charge in [0.25, 0.3) is 0 Å². The van der Waals surface area contributed by atoms with Gasteiger partial charge >= 0.3 is 0 Å². The Morgan fingerprint density at radius 2 is 1.95 bits per heavy atom. The number of halogens is 1. The summed E-state index contributed by atoms with van der Waals surface area (Å²) in [6, 6.07) is 4.91. The van der Waals surface area contributed by atoms with Crippen LogP contribution in [0.1, 0.15) is 37.9 Å². The number of anilines is 1. The van der Waals surface area contributed by atoms with Crippen LogP contribution in [0.4, 0.5) is 10.1 Å². The minimum Gasteiger partial charge on any atom is -0.389 e. The predicted octanol–water partition coefficient (Wildman–Crippen LogP) is 2.80. The summed E-state index contributed by atoms with van der Waals surface area (Å²) in [7, 11) is 6.09. The van der Waals surface area contributed by atoms with Crippen molar-refractivity contribution in [3.05, 3.63) is 29.6 Å². The highest BCUT2D eigenvalue weighted by Crippen LogP contribution is 2.38. The molecular weight excluding hydrogens is 255 g/mol. The van der Waals surface area contributed by atoms with Gasteiger partial charge in [-0.2, -0.15) is 0 Å². The largest absolute Gasteiger partial charge is 0.389 e. The number of rotatable bonds is 5. The maximum absolute atomic E-state index is 14.2. The Hall–Kier alpha value is -1.13. The SMILES string of the molecule is C[C@@H](O)c1cccc(F)c1N(C)CC1(N(C)C)CCC1. The van der Waals surface area contributed by atoms with E-state index in [1.807, 2.05) is 11.9 Å². The highest BCUT2D eigenvalue weighted by molar-refractivity contribution is 5.55. The fourth-order valence-corrected chi connectivity index (χ4v) is 3.12. The van der Waals surface area contributed by atoms with Crippen LogP contribution in [0.15, 0.2) is 18.2 Å². The quantitative estimate of drug-likeness (QED) is 0.898. The van der Waals surface area contributed by atoms with E-state index in [2.05, 4.69) is 19.0 Å². The van der Waals surface area contributed by atoms with Gasteiger partial charge < -0.3 is 14.9 Å². The van der Waals surface area contributed by atoms with Crippen LogP contribution >= 0.6 is 0 Å². The van der Waals surface area contributed by atoms with Crippen molar-refractivity contribution in [1.29, 1.82) is 0 Å². The molecule has 1 aliphatic rings. The van der Waals surface area contributed by atoms with E-state index in [0.717, 1.165) is 19.4 Å². The molecule has 0 bridgehead atoms.